The molecule has 0 radical (unpaired) electrons. The van der Waals surface area contributed by atoms with Gasteiger partial charge in [0.2, 0.25) is 11.8 Å². The average molecular weight is 368 g/mol. The van der Waals surface area contributed by atoms with E-state index in [0.717, 1.165) is 17.7 Å². The summed E-state index contributed by atoms with van der Waals surface area (Å²) in [5.74, 6) is 0.181. The van der Waals surface area contributed by atoms with Crippen LogP contribution in [0.15, 0.2) is 48.5 Å². The van der Waals surface area contributed by atoms with Crippen LogP contribution in [-0.2, 0) is 22.4 Å². The Hall–Kier alpha value is -2.82. The minimum atomic E-state index is -1.16. The van der Waals surface area contributed by atoms with E-state index in [-0.39, 0.29) is 11.8 Å². The summed E-state index contributed by atoms with van der Waals surface area (Å²) >= 11 is 0. The zero-order valence-corrected chi connectivity index (χ0v) is 16.5. The molecule has 144 valence electrons. The van der Waals surface area contributed by atoms with Gasteiger partial charge in [0.15, 0.2) is 0 Å². The third-order valence-corrected chi connectivity index (χ3v) is 4.61. The highest BCUT2D eigenvalue weighted by molar-refractivity contribution is 6.09. The molecule has 0 aliphatic rings. The second kappa shape index (κ2) is 9.21. The van der Waals surface area contributed by atoms with Crippen molar-refractivity contribution in [3.8, 4) is 5.75 Å². The average Bonchev–Trinajstić information content (AvgIpc) is 2.68. The normalized spacial score (nSPS) is 11.0. The lowest BCUT2D eigenvalue weighted by molar-refractivity contribution is -0.138. The van der Waals surface area contributed by atoms with Gasteiger partial charge in [0, 0.05) is 12.2 Å². The molecule has 27 heavy (non-hydrogen) atoms. The Kier molecular flexibility index (Phi) is 6.99. The smallest absolute Gasteiger partial charge is 0.239 e. The molecule has 2 aromatic carbocycles. The van der Waals surface area contributed by atoms with Gasteiger partial charge >= 0.3 is 0 Å². The molecule has 2 N–H and O–H groups in total. The molecule has 0 aromatic heterocycles. The largest absolute Gasteiger partial charge is 0.497 e. The van der Waals surface area contributed by atoms with Gasteiger partial charge in [-0.2, -0.15) is 0 Å². The van der Waals surface area contributed by atoms with Crippen LogP contribution in [-0.4, -0.2) is 25.5 Å². The van der Waals surface area contributed by atoms with Crippen LogP contribution in [0.2, 0.25) is 0 Å². The first-order chi connectivity index (χ1) is 12.9. The number of nitrogens with one attached hydrogen (secondary N) is 2. The summed E-state index contributed by atoms with van der Waals surface area (Å²) < 4.78 is 5.13. The monoisotopic (exact) mass is 368 g/mol. The zero-order chi connectivity index (χ0) is 19.9. The van der Waals surface area contributed by atoms with Gasteiger partial charge in [0.1, 0.15) is 11.2 Å². The van der Waals surface area contributed by atoms with Gasteiger partial charge in [-0.15, -0.1) is 0 Å². The predicted molar refractivity (Wildman–Crippen MR) is 108 cm³/mol. The van der Waals surface area contributed by atoms with Crippen molar-refractivity contribution in [2.45, 2.75) is 33.6 Å². The van der Waals surface area contributed by atoms with E-state index in [0.29, 0.717) is 18.7 Å². The molecular formula is C22H28N2O3. The fraction of sp³-hybridized carbons (Fsp3) is 0.364. The third-order valence-electron chi connectivity index (χ3n) is 4.61. The van der Waals surface area contributed by atoms with Crippen molar-refractivity contribution in [3.05, 3.63) is 59.7 Å². The van der Waals surface area contributed by atoms with Crippen molar-refractivity contribution in [1.29, 1.82) is 0 Å². The Morgan fingerprint density at radius 1 is 0.926 bits per heavy atom. The lowest BCUT2D eigenvalue weighted by Crippen LogP contribution is -2.45. The van der Waals surface area contributed by atoms with Crippen LogP contribution in [0.4, 0.5) is 5.69 Å². The molecule has 2 amide bonds. The Labute approximate surface area is 161 Å². The maximum Gasteiger partial charge on any atom is 0.239 e. The number of aryl methyl sites for hydroxylation is 1. The zero-order valence-electron chi connectivity index (χ0n) is 16.5. The van der Waals surface area contributed by atoms with Crippen molar-refractivity contribution in [2.24, 2.45) is 5.41 Å². The van der Waals surface area contributed by atoms with Crippen molar-refractivity contribution < 1.29 is 14.3 Å². The molecule has 0 spiro atoms. The molecule has 0 atom stereocenters. The number of hydrogen-bond donors (Lipinski definition) is 2. The van der Waals surface area contributed by atoms with Crippen LogP contribution in [0.1, 0.15) is 31.9 Å². The minimum Gasteiger partial charge on any atom is -0.497 e. The molecular weight excluding hydrogens is 340 g/mol. The topological polar surface area (TPSA) is 67.4 Å². The molecule has 0 heterocycles. The molecule has 0 saturated carbocycles. The molecule has 2 aromatic rings. The molecule has 0 fully saturated rings. The van der Waals surface area contributed by atoms with E-state index >= 15 is 0 Å². The third kappa shape index (κ3) is 5.58. The predicted octanol–water partition coefficient (Wildman–Crippen LogP) is 3.58. The van der Waals surface area contributed by atoms with E-state index < -0.39 is 5.41 Å². The van der Waals surface area contributed by atoms with Crippen LogP contribution in [0.5, 0.6) is 5.75 Å². The lowest BCUT2D eigenvalue weighted by atomic mass is 9.90. The van der Waals surface area contributed by atoms with E-state index in [2.05, 4.69) is 17.6 Å². The van der Waals surface area contributed by atoms with Crippen LogP contribution in [0.3, 0.4) is 0 Å². The van der Waals surface area contributed by atoms with Crippen molar-refractivity contribution in [3.63, 3.8) is 0 Å². The number of methoxy groups -OCH3 is 1. The van der Waals surface area contributed by atoms with Crippen molar-refractivity contribution >= 4 is 17.5 Å². The summed E-state index contributed by atoms with van der Waals surface area (Å²) in [6.07, 6.45) is 1.63. The van der Waals surface area contributed by atoms with E-state index in [1.54, 1.807) is 21.0 Å². The molecule has 0 aliphatic heterocycles. The molecule has 5 nitrogen and oxygen atoms in total. The Bertz CT molecular complexity index is 765. The Morgan fingerprint density at radius 2 is 1.52 bits per heavy atom. The minimum absolute atomic E-state index is 0.293. The number of rotatable bonds is 8. The fourth-order valence-electron chi connectivity index (χ4n) is 2.55. The lowest BCUT2D eigenvalue weighted by Gasteiger charge is -2.23. The highest BCUT2D eigenvalue weighted by atomic mass is 16.5. The molecule has 2 rings (SSSR count). The van der Waals surface area contributed by atoms with Crippen molar-refractivity contribution in [2.75, 3.05) is 19.0 Å². The van der Waals surface area contributed by atoms with Crippen molar-refractivity contribution in [1.82, 2.24) is 5.32 Å². The van der Waals surface area contributed by atoms with E-state index in [4.69, 9.17) is 4.74 Å². The van der Waals surface area contributed by atoms with Crippen LogP contribution >= 0.6 is 0 Å². The quantitative estimate of drug-likeness (QED) is 0.700. The SMILES string of the molecule is CCc1ccc(NC(=O)C(C)(C)C(=O)NCCc2ccc(OC)cc2)cc1. The van der Waals surface area contributed by atoms with Crippen LogP contribution < -0.4 is 15.4 Å². The first kappa shape index (κ1) is 20.5. The van der Waals surface area contributed by atoms with Crippen LogP contribution in [0.25, 0.3) is 0 Å². The first-order valence-electron chi connectivity index (χ1n) is 9.18. The number of hydrogen-bond acceptors (Lipinski definition) is 3. The van der Waals surface area contributed by atoms with Gasteiger partial charge in [0.25, 0.3) is 0 Å². The summed E-state index contributed by atoms with van der Waals surface area (Å²) in [7, 11) is 1.63. The van der Waals surface area contributed by atoms with Gasteiger partial charge in [0.05, 0.1) is 7.11 Å². The summed E-state index contributed by atoms with van der Waals surface area (Å²) in [5, 5.41) is 5.68. The van der Waals surface area contributed by atoms with Gasteiger partial charge in [-0.3, -0.25) is 9.59 Å². The van der Waals surface area contributed by atoms with E-state index in [1.807, 2.05) is 48.5 Å². The maximum atomic E-state index is 12.5. The second-order valence-corrected chi connectivity index (χ2v) is 6.98. The summed E-state index contributed by atoms with van der Waals surface area (Å²) in [6.45, 7) is 5.80. The molecule has 0 unspecified atom stereocenters. The molecule has 5 heteroatoms. The number of anilines is 1. The number of benzene rings is 2. The van der Waals surface area contributed by atoms with Gasteiger partial charge in [-0.05, 0) is 62.1 Å². The summed E-state index contributed by atoms with van der Waals surface area (Å²) in [5.41, 5.74) is 1.82. The summed E-state index contributed by atoms with van der Waals surface area (Å²) in [6, 6.07) is 15.3. The fourth-order valence-corrected chi connectivity index (χ4v) is 2.55. The molecule has 0 saturated heterocycles. The van der Waals surface area contributed by atoms with Crippen LogP contribution in [0, 0.1) is 5.41 Å². The van der Waals surface area contributed by atoms with E-state index in [1.165, 1.54) is 5.56 Å². The maximum absolute atomic E-state index is 12.5. The first-order valence-corrected chi connectivity index (χ1v) is 9.18. The number of carbonyl (C=O) groups excluding carboxylic acids is 2. The standard InChI is InChI=1S/C22H28N2O3/c1-5-16-6-10-18(11-7-16)24-21(26)22(2,3)20(25)23-15-14-17-8-12-19(27-4)13-9-17/h6-13H,5,14-15H2,1-4H3,(H,23,25)(H,24,26). The number of ether oxygens (including phenoxy) is 1. The Morgan fingerprint density at radius 3 is 2.07 bits per heavy atom. The number of amides is 2. The second-order valence-electron chi connectivity index (χ2n) is 6.98. The van der Waals surface area contributed by atoms with Gasteiger partial charge < -0.3 is 15.4 Å². The van der Waals surface area contributed by atoms with Gasteiger partial charge in [-0.25, -0.2) is 0 Å². The molecule has 0 bridgehead atoms. The summed E-state index contributed by atoms with van der Waals surface area (Å²) in [4.78, 5) is 25.0. The Balaban J connectivity index is 1.87. The highest BCUT2D eigenvalue weighted by Gasteiger charge is 2.35. The highest BCUT2D eigenvalue weighted by Crippen LogP contribution is 2.20. The molecule has 0 aliphatic carbocycles. The van der Waals surface area contributed by atoms with E-state index in [9.17, 15) is 9.59 Å². The number of carbonyl (C=O) groups is 2. The van der Waals surface area contributed by atoms with Gasteiger partial charge in [-0.1, -0.05) is 31.2 Å².